The second-order valence-electron chi connectivity index (χ2n) is 10.8. The second kappa shape index (κ2) is 10.0. The van der Waals surface area contributed by atoms with Gasteiger partial charge in [0.2, 0.25) is 0 Å². The van der Waals surface area contributed by atoms with E-state index in [4.69, 9.17) is 0 Å². The average Bonchev–Trinajstić information content (AvgIpc) is 3.47. The SMILES string of the molecule is OCC1C2CN(Cc3ccc(-c4ccc5ncnc(N(c6ccccc6)c6ccc(O)cc6F)c5c4)cc3)CC12. The van der Waals surface area contributed by atoms with Gasteiger partial charge in [-0.3, -0.25) is 9.80 Å². The number of anilines is 3. The molecule has 0 bridgehead atoms. The summed E-state index contributed by atoms with van der Waals surface area (Å²) in [7, 11) is 0. The van der Waals surface area contributed by atoms with Crippen molar-refractivity contribution in [3.63, 3.8) is 0 Å². The third-order valence-electron chi connectivity index (χ3n) is 8.36. The van der Waals surface area contributed by atoms with E-state index in [-0.39, 0.29) is 11.4 Å². The lowest BCUT2D eigenvalue weighted by Gasteiger charge is -2.25. The molecule has 0 radical (unpaired) electrons. The van der Waals surface area contributed by atoms with Crippen LogP contribution in [0.5, 0.6) is 5.75 Å². The lowest BCUT2D eigenvalue weighted by atomic mass is 10.0. The number of benzene rings is 4. The Hall–Kier alpha value is -4.33. The van der Waals surface area contributed by atoms with Gasteiger partial charge in [0.05, 0.1) is 11.2 Å². The first-order valence-electron chi connectivity index (χ1n) is 13.6. The predicted octanol–water partition coefficient (Wildman–Crippen LogP) is 6.28. The van der Waals surface area contributed by atoms with Crippen LogP contribution in [0.3, 0.4) is 0 Å². The molecule has 5 aromatic rings. The van der Waals surface area contributed by atoms with E-state index in [0.29, 0.717) is 30.2 Å². The molecule has 2 heterocycles. The highest BCUT2D eigenvalue weighted by Crippen LogP contribution is 2.51. The zero-order valence-corrected chi connectivity index (χ0v) is 21.9. The van der Waals surface area contributed by atoms with Crippen molar-refractivity contribution < 1.29 is 14.6 Å². The van der Waals surface area contributed by atoms with Crippen LogP contribution >= 0.6 is 0 Å². The Balaban J connectivity index is 1.22. The van der Waals surface area contributed by atoms with Gasteiger partial charge in [0.25, 0.3) is 0 Å². The van der Waals surface area contributed by atoms with Crippen molar-refractivity contribution in [2.24, 2.45) is 17.8 Å². The number of aromatic nitrogens is 2. The summed E-state index contributed by atoms with van der Waals surface area (Å²) in [4.78, 5) is 13.3. The first kappa shape index (κ1) is 24.7. The van der Waals surface area contributed by atoms with Crippen molar-refractivity contribution in [3.05, 3.63) is 109 Å². The third kappa shape index (κ3) is 4.47. The van der Waals surface area contributed by atoms with Gasteiger partial charge in [-0.05, 0) is 70.8 Å². The average molecular weight is 533 g/mol. The molecule has 200 valence electrons. The molecule has 1 saturated heterocycles. The highest BCUT2D eigenvalue weighted by atomic mass is 19.1. The molecule has 4 aromatic carbocycles. The largest absolute Gasteiger partial charge is 0.508 e. The van der Waals surface area contributed by atoms with E-state index in [0.717, 1.165) is 53.4 Å². The van der Waals surface area contributed by atoms with Crippen LogP contribution in [0.4, 0.5) is 21.6 Å². The van der Waals surface area contributed by atoms with E-state index in [1.165, 1.54) is 18.0 Å². The molecule has 7 rings (SSSR count). The summed E-state index contributed by atoms with van der Waals surface area (Å²) in [6.07, 6.45) is 1.49. The van der Waals surface area contributed by atoms with Gasteiger partial charge >= 0.3 is 0 Å². The van der Waals surface area contributed by atoms with Crippen molar-refractivity contribution in [2.45, 2.75) is 6.54 Å². The number of rotatable bonds is 7. The fraction of sp³-hybridized carbons (Fsp3) is 0.212. The minimum atomic E-state index is -0.551. The van der Waals surface area contributed by atoms with Gasteiger partial charge in [0.1, 0.15) is 17.9 Å². The minimum absolute atomic E-state index is 0.136. The summed E-state index contributed by atoms with van der Waals surface area (Å²) < 4.78 is 15.2. The van der Waals surface area contributed by atoms with Gasteiger partial charge < -0.3 is 10.2 Å². The number of aliphatic hydroxyl groups is 1. The molecule has 2 aliphatic rings. The van der Waals surface area contributed by atoms with E-state index < -0.39 is 5.82 Å². The number of phenols is 1. The first-order valence-corrected chi connectivity index (χ1v) is 13.6. The quantitative estimate of drug-likeness (QED) is 0.257. The highest BCUT2D eigenvalue weighted by Gasteiger charge is 2.54. The second-order valence-corrected chi connectivity index (χ2v) is 10.8. The van der Waals surface area contributed by atoms with E-state index in [1.54, 1.807) is 11.0 Å². The Morgan fingerprint density at radius 3 is 2.33 bits per heavy atom. The Morgan fingerprint density at radius 1 is 0.850 bits per heavy atom. The number of aliphatic hydroxyl groups excluding tert-OH is 1. The lowest BCUT2D eigenvalue weighted by molar-refractivity contribution is 0.217. The topological polar surface area (TPSA) is 72.7 Å². The molecule has 1 aliphatic carbocycles. The minimum Gasteiger partial charge on any atom is -0.508 e. The van der Waals surface area contributed by atoms with Crippen molar-refractivity contribution in [1.82, 2.24) is 14.9 Å². The molecule has 40 heavy (non-hydrogen) atoms. The van der Waals surface area contributed by atoms with Crippen molar-refractivity contribution in [1.29, 1.82) is 0 Å². The highest BCUT2D eigenvalue weighted by molar-refractivity contribution is 5.97. The number of halogens is 1. The molecule has 7 heteroatoms. The van der Waals surface area contributed by atoms with Gasteiger partial charge in [-0.1, -0.05) is 48.5 Å². The molecule has 1 saturated carbocycles. The maximum absolute atomic E-state index is 15.2. The molecule has 2 fully saturated rings. The van der Waals surface area contributed by atoms with Crippen LogP contribution in [0.2, 0.25) is 0 Å². The van der Waals surface area contributed by atoms with Crippen LogP contribution < -0.4 is 4.90 Å². The number of fused-ring (bicyclic) bond motifs is 2. The van der Waals surface area contributed by atoms with E-state index in [9.17, 15) is 10.2 Å². The zero-order valence-electron chi connectivity index (χ0n) is 21.9. The van der Waals surface area contributed by atoms with Crippen molar-refractivity contribution in [3.8, 4) is 16.9 Å². The maximum Gasteiger partial charge on any atom is 0.150 e. The summed E-state index contributed by atoms with van der Waals surface area (Å²) in [5, 5.41) is 20.0. The van der Waals surface area contributed by atoms with Gasteiger partial charge in [0.15, 0.2) is 5.82 Å². The van der Waals surface area contributed by atoms with E-state index in [2.05, 4.69) is 45.2 Å². The number of hydrogen-bond acceptors (Lipinski definition) is 6. The zero-order chi connectivity index (χ0) is 27.2. The number of aromatic hydroxyl groups is 1. The van der Waals surface area contributed by atoms with Crippen LogP contribution in [-0.2, 0) is 6.54 Å². The van der Waals surface area contributed by atoms with Crippen LogP contribution in [0.15, 0.2) is 97.3 Å². The Kier molecular flexibility index (Phi) is 6.18. The number of likely N-dealkylation sites (tertiary alicyclic amines) is 1. The summed E-state index contributed by atoms with van der Waals surface area (Å²) in [6.45, 7) is 3.39. The number of nitrogens with zero attached hydrogens (tertiary/aromatic N) is 4. The van der Waals surface area contributed by atoms with Gasteiger partial charge in [-0.25, -0.2) is 14.4 Å². The van der Waals surface area contributed by atoms with Crippen molar-refractivity contribution >= 4 is 28.1 Å². The number of piperidine rings is 1. The Morgan fingerprint density at radius 2 is 1.60 bits per heavy atom. The molecule has 2 atom stereocenters. The molecule has 6 nitrogen and oxygen atoms in total. The van der Waals surface area contributed by atoms with Crippen LogP contribution in [-0.4, -0.2) is 44.8 Å². The number of phenolic OH excluding ortho intramolecular Hbond substituents is 1. The summed E-state index contributed by atoms with van der Waals surface area (Å²) in [5.41, 5.74) is 5.14. The molecule has 1 aromatic heterocycles. The Bertz CT molecular complexity index is 1670. The molecule has 0 spiro atoms. The smallest absolute Gasteiger partial charge is 0.150 e. The normalized spacial score (nSPS) is 20.0. The molecular weight excluding hydrogens is 503 g/mol. The monoisotopic (exact) mass is 532 g/mol. The third-order valence-corrected chi connectivity index (χ3v) is 8.36. The van der Waals surface area contributed by atoms with Gasteiger partial charge in [-0.15, -0.1) is 0 Å². The van der Waals surface area contributed by atoms with Crippen LogP contribution in [0.25, 0.3) is 22.0 Å². The molecule has 0 amide bonds. The van der Waals surface area contributed by atoms with Crippen LogP contribution in [0.1, 0.15) is 5.56 Å². The lowest BCUT2D eigenvalue weighted by Crippen LogP contribution is -2.24. The maximum atomic E-state index is 15.2. The van der Waals surface area contributed by atoms with E-state index in [1.807, 2.05) is 42.5 Å². The molecule has 2 unspecified atom stereocenters. The molecule has 2 N–H and O–H groups in total. The first-order chi connectivity index (χ1) is 19.6. The summed E-state index contributed by atoms with van der Waals surface area (Å²) >= 11 is 0. The van der Waals surface area contributed by atoms with E-state index >= 15 is 4.39 Å². The summed E-state index contributed by atoms with van der Waals surface area (Å²) in [5.74, 6) is 1.72. The van der Waals surface area contributed by atoms with Crippen molar-refractivity contribution in [2.75, 3.05) is 24.6 Å². The van der Waals surface area contributed by atoms with Crippen LogP contribution in [0, 0.1) is 23.6 Å². The predicted molar refractivity (Wildman–Crippen MR) is 154 cm³/mol. The summed E-state index contributed by atoms with van der Waals surface area (Å²) in [6, 6.07) is 28.3. The number of hydrogen-bond donors (Lipinski definition) is 2. The fourth-order valence-electron chi connectivity index (χ4n) is 6.23. The molecular formula is C33H29FN4O2. The molecule has 1 aliphatic heterocycles. The standard InChI is InChI=1S/C33H29FN4O2/c34-30-15-25(40)11-13-32(30)38(24-4-2-1-3-5-24)33-26-14-23(10-12-31(26)35-20-36-33)22-8-6-21(7-9-22)16-37-17-27-28(18-37)29(27)19-39/h1-15,20,27-29,39-40H,16-19H2. The number of para-hydroxylation sites is 1. The Labute approximate surface area is 232 Å². The fourth-order valence-corrected chi connectivity index (χ4v) is 6.23. The van der Waals surface area contributed by atoms with Gasteiger partial charge in [0, 0.05) is 43.4 Å². The van der Waals surface area contributed by atoms with Gasteiger partial charge in [-0.2, -0.15) is 0 Å².